The molecular weight excluding hydrogens is 226 g/mol. The Morgan fingerprint density at radius 3 is 2.50 bits per heavy atom. The zero-order valence-corrected chi connectivity index (χ0v) is 11.0. The maximum atomic E-state index is 11.6. The Morgan fingerprint density at radius 2 is 2.00 bits per heavy atom. The molecule has 4 nitrogen and oxygen atoms in total. The normalized spacial score (nSPS) is 17.7. The van der Waals surface area contributed by atoms with Crippen LogP contribution in [0.25, 0.3) is 0 Å². The molecule has 0 unspecified atom stereocenters. The highest BCUT2D eigenvalue weighted by atomic mass is 32.2. The molecule has 2 N–H and O–H groups in total. The van der Waals surface area contributed by atoms with Gasteiger partial charge in [0.25, 0.3) is 0 Å². The molecule has 0 atom stereocenters. The summed E-state index contributed by atoms with van der Waals surface area (Å²) in [5.41, 5.74) is -0.179. The van der Waals surface area contributed by atoms with Gasteiger partial charge < -0.3 is 5.11 Å². The van der Waals surface area contributed by atoms with Crippen LogP contribution in [0.1, 0.15) is 39.5 Å². The van der Waals surface area contributed by atoms with Crippen molar-refractivity contribution in [1.82, 2.24) is 4.72 Å². The van der Waals surface area contributed by atoms with Crippen molar-refractivity contribution in [3.63, 3.8) is 0 Å². The van der Waals surface area contributed by atoms with E-state index < -0.39 is 10.0 Å². The van der Waals surface area contributed by atoms with Gasteiger partial charge in [0.2, 0.25) is 10.0 Å². The third-order valence-corrected chi connectivity index (χ3v) is 4.41. The Hall–Kier alpha value is -0.130. The van der Waals surface area contributed by atoms with Gasteiger partial charge in [-0.25, -0.2) is 13.1 Å². The summed E-state index contributed by atoms with van der Waals surface area (Å²) in [4.78, 5) is 0. The van der Waals surface area contributed by atoms with Crippen LogP contribution in [-0.4, -0.2) is 32.4 Å². The van der Waals surface area contributed by atoms with Crippen LogP contribution in [0.5, 0.6) is 0 Å². The number of aliphatic hydroxyl groups is 1. The minimum Gasteiger partial charge on any atom is -0.396 e. The molecule has 1 saturated carbocycles. The third-order valence-electron chi connectivity index (χ3n) is 3.05. The molecule has 0 aliphatic heterocycles. The third kappa shape index (κ3) is 5.82. The minimum atomic E-state index is -3.12. The monoisotopic (exact) mass is 249 g/mol. The molecule has 1 fully saturated rings. The molecule has 0 heterocycles. The first kappa shape index (κ1) is 13.9. The second-order valence-electron chi connectivity index (χ2n) is 5.51. The second kappa shape index (κ2) is 5.47. The minimum absolute atomic E-state index is 0.0940. The van der Waals surface area contributed by atoms with Crippen LogP contribution in [0.3, 0.4) is 0 Å². The molecule has 5 heteroatoms. The molecule has 0 saturated heterocycles. The molecule has 96 valence electrons. The molecule has 0 aromatic rings. The zero-order valence-electron chi connectivity index (χ0n) is 10.2. The fourth-order valence-corrected chi connectivity index (χ4v) is 2.90. The van der Waals surface area contributed by atoms with Gasteiger partial charge in [0.15, 0.2) is 0 Å². The first-order chi connectivity index (χ1) is 7.35. The molecule has 16 heavy (non-hydrogen) atoms. The predicted molar refractivity (Wildman–Crippen MR) is 64.6 cm³/mol. The fourth-order valence-electron chi connectivity index (χ4n) is 1.50. The largest absolute Gasteiger partial charge is 0.396 e. The quantitative estimate of drug-likeness (QED) is 0.677. The van der Waals surface area contributed by atoms with E-state index in [0.29, 0.717) is 18.9 Å². The summed E-state index contributed by atoms with van der Waals surface area (Å²) in [6, 6.07) is 0. The van der Waals surface area contributed by atoms with E-state index in [-0.39, 0.29) is 17.8 Å². The SMILES string of the molecule is CC(C)(CCO)CNS(=O)(=O)CCC1CC1. The van der Waals surface area contributed by atoms with E-state index in [1.165, 1.54) is 12.8 Å². The lowest BCUT2D eigenvalue weighted by Crippen LogP contribution is -2.36. The Balaban J connectivity index is 2.28. The molecule has 0 radical (unpaired) electrons. The smallest absolute Gasteiger partial charge is 0.211 e. The summed E-state index contributed by atoms with van der Waals surface area (Å²) in [7, 11) is -3.12. The van der Waals surface area contributed by atoms with Gasteiger partial charge in [-0.2, -0.15) is 0 Å². The Morgan fingerprint density at radius 1 is 1.38 bits per heavy atom. The highest BCUT2D eigenvalue weighted by molar-refractivity contribution is 7.89. The van der Waals surface area contributed by atoms with E-state index in [9.17, 15) is 8.42 Å². The fraction of sp³-hybridized carbons (Fsp3) is 1.00. The van der Waals surface area contributed by atoms with Crippen molar-refractivity contribution in [1.29, 1.82) is 0 Å². The van der Waals surface area contributed by atoms with Crippen LogP contribution < -0.4 is 4.72 Å². The van der Waals surface area contributed by atoms with Crippen molar-refractivity contribution in [2.24, 2.45) is 11.3 Å². The van der Waals surface area contributed by atoms with Crippen molar-refractivity contribution in [2.45, 2.75) is 39.5 Å². The van der Waals surface area contributed by atoms with Crippen molar-refractivity contribution >= 4 is 10.0 Å². The van der Waals surface area contributed by atoms with Crippen molar-refractivity contribution in [3.8, 4) is 0 Å². The van der Waals surface area contributed by atoms with E-state index in [0.717, 1.165) is 6.42 Å². The lowest BCUT2D eigenvalue weighted by atomic mass is 9.90. The van der Waals surface area contributed by atoms with E-state index >= 15 is 0 Å². The van der Waals surface area contributed by atoms with E-state index in [4.69, 9.17) is 5.11 Å². The molecule has 1 aliphatic rings. The highest BCUT2D eigenvalue weighted by Gasteiger charge is 2.25. The average Bonchev–Trinajstić information content (AvgIpc) is 2.96. The lowest BCUT2D eigenvalue weighted by molar-refractivity contribution is 0.213. The van der Waals surface area contributed by atoms with E-state index in [1.54, 1.807) is 0 Å². The zero-order chi connectivity index (χ0) is 12.2. The standard InChI is InChI=1S/C11H23NO3S/c1-11(2,6-7-13)9-12-16(14,15)8-5-10-3-4-10/h10,12-13H,3-9H2,1-2H3. The predicted octanol–water partition coefficient (Wildman–Crippen LogP) is 1.11. The van der Waals surface area contributed by atoms with Gasteiger partial charge in [0.05, 0.1) is 5.75 Å². The maximum Gasteiger partial charge on any atom is 0.211 e. The van der Waals surface area contributed by atoms with Gasteiger partial charge >= 0.3 is 0 Å². The van der Waals surface area contributed by atoms with Crippen molar-refractivity contribution < 1.29 is 13.5 Å². The first-order valence-electron chi connectivity index (χ1n) is 5.93. The van der Waals surface area contributed by atoms with E-state index in [2.05, 4.69) is 4.72 Å². The Labute approximate surface area is 98.5 Å². The molecule has 0 bridgehead atoms. The van der Waals surface area contributed by atoms with Gasteiger partial charge in [-0.15, -0.1) is 0 Å². The summed E-state index contributed by atoms with van der Waals surface area (Å²) < 4.78 is 25.9. The number of sulfonamides is 1. The van der Waals surface area contributed by atoms with E-state index in [1.807, 2.05) is 13.8 Å². The first-order valence-corrected chi connectivity index (χ1v) is 7.58. The molecule has 0 aromatic heterocycles. The summed E-state index contributed by atoms with van der Waals surface area (Å²) >= 11 is 0. The van der Waals surface area contributed by atoms with Gasteiger partial charge in [0, 0.05) is 13.2 Å². The number of hydrogen-bond acceptors (Lipinski definition) is 3. The van der Waals surface area contributed by atoms with Gasteiger partial charge in [0.1, 0.15) is 0 Å². The summed E-state index contributed by atoms with van der Waals surface area (Å²) in [5.74, 6) is 0.884. The maximum absolute atomic E-state index is 11.6. The van der Waals surface area contributed by atoms with Crippen LogP contribution >= 0.6 is 0 Å². The van der Waals surface area contributed by atoms with Gasteiger partial charge in [-0.3, -0.25) is 0 Å². The highest BCUT2D eigenvalue weighted by Crippen LogP contribution is 2.32. The van der Waals surface area contributed by atoms with Gasteiger partial charge in [-0.05, 0) is 24.2 Å². The molecule has 1 aliphatic carbocycles. The van der Waals surface area contributed by atoms with Crippen LogP contribution in [0.15, 0.2) is 0 Å². The number of hydrogen-bond donors (Lipinski definition) is 2. The molecule has 0 spiro atoms. The Kier molecular flexibility index (Phi) is 4.76. The summed E-state index contributed by atoms with van der Waals surface area (Å²) in [5, 5.41) is 8.84. The lowest BCUT2D eigenvalue weighted by Gasteiger charge is -2.23. The molecule has 0 aromatic carbocycles. The molecule has 0 amide bonds. The van der Waals surface area contributed by atoms with Crippen LogP contribution in [-0.2, 0) is 10.0 Å². The topological polar surface area (TPSA) is 66.4 Å². The number of rotatable bonds is 8. The van der Waals surface area contributed by atoms with Gasteiger partial charge in [-0.1, -0.05) is 26.7 Å². The number of nitrogens with one attached hydrogen (secondary N) is 1. The van der Waals surface area contributed by atoms with Crippen LogP contribution in [0, 0.1) is 11.3 Å². The number of aliphatic hydroxyl groups excluding tert-OH is 1. The summed E-state index contributed by atoms with van der Waals surface area (Å²) in [6.45, 7) is 4.40. The van der Waals surface area contributed by atoms with Crippen LogP contribution in [0.4, 0.5) is 0 Å². The summed E-state index contributed by atoms with van der Waals surface area (Å²) in [6.07, 6.45) is 3.77. The average molecular weight is 249 g/mol. The van der Waals surface area contributed by atoms with Crippen molar-refractivity contribution in [2.75, 3.05) is 18.9 Å². The van der Waals surface area contributed by atoms with Crippen LogP contribution in [0.2, 0.25) is 0 Å². The molecular formula is C11H23NO3S. The second-order valence-corrected chi connectivity index (χ2v) is 7.44. The van der Waals surface area contributed by atoms with Crippen molar-refractivity contribution in [3.05, 3.63) is 0 Å². The Bertz CT molecular complexity index is 307. The molecule has 1 rings (SSSR count).